The van der Waals surface area contributed by atoms with Crippen molar-refractivity contribution in [2.24, 2.45) is 5.92 Å². The number of nitrogens with one attached hydrogen (secondary N) is 1. The number of fused-ring (bicyclic) bond motifs is 1. The van der Waals surface area contributed by atoms with Crippen LogP contribution in [0.4, 0.5) is 5.82 Å². The molecule has 1 N–H and O–H groups in total. The van der Waals surface area contributed by atoms with Crippen LogP contribution in [0.15, 0.2) is 30.6 Å². The van der Waals surface area contributed by atoms with Crippen LogP contribution in [0, 0.1) is 5.92 Å². The summed E-state index contributed by atoms with van der Waals surface area (Å²) in [6, 6.07) is 6.19. The van der Waals surface area contributed by atoms with Gasteiger partial charge in [0.15, 0.2) is 0 Å². The molecule has 1 aliphatic rings. The normalized spacial score (nSPS) is 17.9. The molecule has 0 bridgehead atoms. The first-order valence-corrected chi connectivity index (χ1v) is 7.21. The molecule has 1 aliphatic heterocycles. The van der Waals surface area contributed by atoms with Gasteiger partial charge in [0.1, 0.15) is 11.5 Å². The molecule has 4 heteroatoms. The Labute approximate surface area is 114 Å². The van der Waals surface area contributed by atoms with Gasteiger partial charge in [-0.05, 0) is 44.0 Å². The number of aromatic nitrogens is 2. The van der Waals surface area contributed by atoms with E-state index in [1.807, 2.05) is 18.5 Å². The van der Waals surface area contributed by atoms with Crippen LogP contribution in [0.1, 0.15) is 19.8 Å². The molecule has 102 valence electrons. The molecule has 1 unspecified atom stereocenters. The highest BCUT2D eigenvalue weighted by Gasteiger charge is 2.14. The summed E-state index contributed by atoms with van der Waals surface area (Å²) in [5.41, 5.74) is 0.997. The van der Waals surface area contributed by atoms with Crippen molar-refractivity contribution in [2.75, 3.05) is 31.5 Å². The van der Waals surface area contributed by atoms with Crippen molar-refractivity contribution in [3.8, 4) is 0 Å². The molecule has 19 heavy (non-hydrogen) atoms. The van der Waals surface area contributed by atoms with Crippen LogP contribution in [0.2, 0.25) is 0 Å². The highest BCUT2D eigenvalue weighted by atomic mass is 15.1. The minimum absolute atomic E-state index is 0.664. The number of likely N-dealkylation sites (tertiary alicyclic amines) is 1. The second-order valence-electron chi connectivity index (χ2n) is 5.56. The third kappa shape index (κ3) is 2.89. The molecule has 1 fully saturated rings. The summed E-state index contributed by atoms with van der Waals surface area (Å²) in [6.45, 7) is 7.09. The summed E-state index contributed by atoms with van der Waals surface area (Å²) in [6.07, 6.45) is 6.58. The lowest BCUT2D eigenvalue weighted by Crippen LogP contribution is -2.29. The van der Waals surface area contributed by atoms with E-state index in [-0.39, 0.29) is 0 Å². The molecule has 3 heterocycles. The highest BCUT2D eigenvalue weighted by molar-refractivity contribution is 5.49. The maximum absolute atomic E-state index is 4.30. The van der Waals surface area contributed by atoms with E-state index in [9.17, 15) is 0 Å². The number of hydrogen-bond acceptors (Lipinski definition) is 3. The van der Waals surface area contributed by atoms with Gasteiger partial charge in [0, 0.05) is 25.5 Å². The van der Waals surface area contributed by atoms with Crippen LogP contribution >= 0.6 is 0 Å². The molecule has 0 amide bonds. The Kier molecular flexibility index (Phi) is 3.69. The van der Waals surface area contributed by atoms with Crippen LogP contribution in [0.25, 0.3) is 5.65 Å². The van der Waals surface area contributed by atoms with Crippen LogP contribution in [-0.2, 0) is 0 Å². The molecule has 4 nitrogen and oxygen atoms in total. The van der Waals surface area contributed by atoms with Crippen molar-refractivity contribution in [1.29, 1.82) is 0 Å². The van der Waals surface area contributed by atoms with Crippen molar-refractivity contribution in [1.82, 2.24) is 14.3 Å². The summed E-state index contributed by atoms with van der Waals surface area (Å²) >= 11 is 0. The molecule has 0 aromatic carbocycles. The van der Waals surface area contributed by atoms with Crippen LogP contribution in [0.3, 0.4) is 0 Å². The molecule has 3 rings (SSSR count). The fourth-order valence-electron chi connectivity index (χ4n) is 2.84. The van der Waals surface area contributed by atoms with E-state index >= 15 is 0 Å². The van der Waals surface area contributed by atoms with Crippen molar-refractivity contribution >= 4 is 11.5 Å². The Morgan fingerprint density at radius 2 is 2.16 bits per heavy atom. The molecule has 0 saturated carbocycles. The zero-order valence-corrected chi connectivity index (χ0v) is 11.5. The first kappa shape index (κ1) is 12.5. The molecule has 2 aromatic rings. The van der Waals surface area contributed by atoms with Crippen LogP contribution < -0.4 is 5.32 Å². The van der Waals surface area contributed by atoms with Gasteiger partial charge in [0.05, 0.1) is 0 Å². The minimum Gasteiger partial charge on any atom is -0.371 e. The third-order valence-corrected chi connectivity index (χ3v) is 3.83. The van der Waals surface area contributed by atoms with Gasteiger partial charge < -0.3 is 10.2 Å². The largest absolute Gasteiger partial charge is 0.371 e. The van der Waals surface area contributed by atoms with Crippen molar-refractivity contribution in [3.63, 3.8) is 0 Å². The standard InChI is InChI=1S/C15H22N4/c1-13(12-18-8-2-3-9-18)11-17-15-6-4-5-14-16-7-10-19(14)15/h4-7,10,13,17H,2-3,8-9,11-12H2,1H3. The smallest absolute Gasteiger partial charge is 0.138 e. The number of pyridine rings is 1. The Morgan fingerprint density at radius 3 is 3.00 bits per heavy atom. The maximum atomic E-state index is 4.30. The lowest BCUT2D eigenvalue weighted by molar-refractivity contribution is 0.294. The predicted molar refractivity (Wildman–Crippen MR) is 78.5 cm³/mol. The summed E-state index contributed by atoms with van der Waals surface area (Å²) < 4.78 is 2.10. The average Bonchev–Trinajstić information content (AvgIpc) is 3.06. The van der Waals surface area contributed by atoms with Crippen LogP contribution in [-0.4, -0.2) is 40.5 Å². The zero-order valence-electron chi connectivity index (χ0n) is 11.5. The Hall–Kier alpha value is -1.55. The van der Waals surface area contributed by atoms with E-state index in [2.05, 4.69) is 38.7 Å². The van der Waals surface area contributed by atoms with E-state index in [1.54, 1.807) is 0 Å². The summed E-state index contributed by atoms with van der Waals surface area (Å²) in [4.78, 5) is 6.88. The second kappa shape index (κ2) is 5.61. The summed E-state index contributed by atoms with van der Waals surface area (Å²) in [7, 11) is 0. The highest BCUT2D eigenvalue weighted by Crippen LogP contribution is 2.13. The maximum Gasteiger partial charge on any atom is 0.138 e. The number of nitrogens with zero attached hydrogens (tertiary/aromatic N) is 3. The van der Waals surface area contributed by atoms with Crippen LogP contribution in [0.5, 0.6) is 0 Å². The predicted octanol–water partition coefficient (Wildman–Crippen LogP) is 2.48. The van der Waals surface area contributed by atoms with E-state index in [1.165, 1.54) is 32.5 Å². The molecule has 0 aliphatic carbocycles. The Morgan fingerprint density at radius 1 is 1.32 bits per heavy atom. The zero-order chi connectivity index (χ0) is 13.1. The number of imidazole rings is 1. The second-order valence-corrected chi connectivity index (χ2v) is 5.56. The van der Waals surface area contributed by atoms with Gasteiger partial charge in [-0.2, -0.15) is 0 Å². The number of anilines is 1. The van der Waals surface area contributed by atoms with Gasteiger partial charge in [-0.1, -0.05) is 13.0 Å². The monoisotopic (exact) mass is 258 g/mol. The van der Waals surface area contributed by atoms with E-state index in [4.69, 9.17) is 0 Å². The molecule has 1 saturated heterocycles. The SMILES string of the molecule is CC(CNc1cccc2nccn12)CN1CCCC1. The summed E-state index contributed by atoms with van der Waals surface area (Å²) in [5, 5.41) is 3.54. The van der Waals surface area contributed by atoms with Gasteiger partial charge >= 0.3 is 0 Å². The van der Waals surface area contributed by atoms with Crippen molar-refractivity contribution in [2.45, 2.75) is 19.8 Å². The third-order valence-electron chi connectivity index (χ3n) is 3.83. The van der Waals surface area contributed by atoms with Gasteiger partial charge in [0.2, 0.25) is 0 Å². The van der Waals surface area contributed by atoms with E-state index in [0.717, 1.165) is 18.0 Å². The van der Waals surface area contributed by atoms with Gasteiger partial charge in [-0.15, -0.1) is 0 Å². The topological polar surface area (TPSA) is 32.6 Å². The fraction of sp³-hybridized carbons (Fsp3) is 0.533. The lowest BCUT2D eigenvalue weighted by atomic mass is 10.1. The Bertz CT molecular complexity index is 528. The molecule has 2 aromatic heterocycles. The van der Waals surface area contributed by atoms with Crippen molar-refractivity contribution in [3.05, 3.63) is 30.6 Å². The molecule has 1 atom stereocenters. The molecule has 0 radical (unpaired) electrons. The number of rotatable bonds is 5. The van der Waals surface area contributed by atoms with Crippen molar-refractivity contribution < 1.29 is 0 Å². The molecule has 0 spiro atoms. The van der Waals surface area contributed by atoms with Gasteiger partial charge in [-0.25, -0.2) is 4.98 Å². The first-order valence-electron chi connectivity index (χ1n) is 7.21. The lowest BCUT2D eigenvalue weighted by Gasteiger charge is -2.21. The first-order chi connectivity index (χ1) is 9.33. The average molecular weight is 258 g/mol. The van der Waals surface area contributed by atoms with E-state index in [0.29, 0.717) is 5.92 Å². The minimum atomic E-state index is 0.664. The quantitative estimate of drug-likeness (QED) is 0.894. The number of hydrogen-bond donors (Lipinski definition) is 1. The van der Waals surface area contributed by atoms with E-state index < -0.39 is 0 Å². The molecular weight excluding hydrogens is 236 g/mol. The summed E-state index contributed by atoms with van der Waals surface area (Å²) in [5.74, 6) is 1.79. The Balaban J connectivity index is 1.57. The van der Waals surface area contributed by atoms with Gasteiger partial charge in [-0.3, -0.25) is 4.40 Å². The molecular formula is C15H22N4. The fourth-order valence-corrected chi connectivity index (χ4v) is 2.84. The van der Waals surface area contributed by atoms with Gasteiger partial charge in [0.25, 0.3) is 0 Å².